The molecule has 0 bridgehead atoms. The molecule has 0 saturated heterocycles. The largest absolute Gasteiger partial charge is 0.356 e. The normalized spacial score (nSPS) is 13.2. The van der Waals surface area contributed by atoms with Crippen LogP contribution in [0.15, 0.2) is 4.99 Å². The second-order valence-electron chi connectivity index (χ2n) is 6.25. The van der Waals surface area contributed by atoms with Crippen molar-refractivity contribution in [2.24, 2.45) is 10.9 Å². The highest BCUT2D eigenvalue weighted by molar-refractivity contribution is 5.84. The first-order valence-corrected chi connectivity index (χ1v) is 8.11. The highest BCUT2D eigenvalue weighted by Gasteiger charge is 2.08. The molecule has 124 valence electrons. The molecule has 0 spiro atoms. The summed E-state index contributed by atoms with van der Waals surface area (Å²) in [6.45, 7) is 9.83. The number of aliphatic imine (C=N–C) groups is 1. The molecule has 1 unspecified atom stereocenters. The quantitative estimate of drug-likeness (QED) is 0.507. The second-order valence-corrected chi connectivity index (χ2v) is 6.25. The molecule has 2 N–H and O–H groups in total. The van der Waals surface area contributed by atoms with Crippen LogP contribution in [-0.2, 0) is 4.79 Å². The van der Waals surface area contributed by atoms with Crippen molar-refractivity contribution in [2.75, 3.05) is 27.2 Å². The average Bonchev–Trinajstić information content (AvgIpc) is 2.40. The first-order valence-electron chi connectivity index (χ1n) is 8.11. The molecule has 0 aromatic heterocycles. The third kappa shape index (κ3) is 11.1. The maximum Gasteiger partial charge on any atom is 0.243 e. The molecule has 5 heteroatoms. The van der Waals surface area contributed by atoms with Crippen molar-refractivity contribution in [3.8, 4) is 0 Å². The fraction of sp³-hybridized carbons (Fsp3) is 0.875. The molecule has 0 heterocycles. The van der Waals surface area contributed by atoms with Crippen molar-refractivity contribution in [1.82, 2.24) is 15.5 Å². The molecule has 0 aromatic carbocycles. The second kappa shape index (κ2) is 11.4. The van der Waals surface area contributed by atoms with Gasteiger partial charge in [0.2, 0.25) is 5.91 Å². The number of carbonyl (C=O) groups excluding carboxylic acids is 1. The van der Waals surface area contributed by atoms with Gasteiger partial charge in [0.05, 0.1) is 0 Å². The van der Waals surface area contributed by atoms with Gasteiger partial charge >= 0.3 is 0 Å². The van der Waals surface area contributed by atoms with E-state index in [-0.39, 0.29) is 12.5 Å². The minimum absolute atomic E-state index is 0.0139. The van der Waals surface area contributed by atoms with Gasteiger partial charge in [-0.15, -0.1) is 0 Å². The van der Waals surface area contributed by atoms with Crippen LogP contribution < -0.4 is 10.6 Å². The number of hydrogen-bond acceptors (Lipinski definition) is 2. The lowest BCUT2D eigenvalue weighted by atomic mass is 10.0. The number of likely N-dealkylation sites (N-methyl/N-ethyl adjacent to an activating group) is 1. The number of nitrogens with one attached hydrogen (secondary N) is 2. The third-order valence-corrected chi connectivity index (χ3v) is 3.22. The Balaban J connectivity index is 4.33. The summed E-state index contributed by atoms with van der Waals surface area (Å²) in [5, 5.41) is 6.65. The summed E-state index contributed by atoms with van der Waals surface area (Å²) in [7, 11) is 3.50. The van der Waals surface area contributed by atoms with E-state index in [1.165, 1.54) is 12.8 Å². The Hall–Kier alpha value is -1.26. The minimum atomic E-state index is 0.0139. The molecule has 0 aromatic rings. The zero-order valence-corrected chi connectivity index (χ0v) is 14.7. The summed E-state index contributed by atoms with van der Waals surface area (Å²) in [5.41, 5.74) is 0. The molecule has 1 atom stereocenters. The zero-order valence-electron chi connectivity index (χ0n) is 14.7. The summed E-state index contributed by atoms with van der Waals surface area (Å²) in [5.74, 6) is 1.51. The van der Waals surface area contributed by atoms with Crippen LogP contribution in [0.3, 0.4) is 0 Å². The Kier molecular flexibility index (Phi) is 10.7. The molecule has 1 amide bonds. The summed E-state index contributed by atoms with van der Waals surface area (Å²) >= 11 is 0. The van der Waals surface area contributed by atoms with Gasteiger partial charge in [0, 0.05) is 26.7 Å². The average molecular weight is 298 g/mol. The Morgan fingerprint density at radius 1 is 1.19 bits per heavy atom. The van der Waals surface area contributed by atoms with Gasteiger partial charge in [0.25, 0.3) is 0 Å². The van der Waals surface area contributed by atoms with Gasteiger partial charge in [0.15, 0.2) is 5.96 Å². The predicted molar refractivity (Wildman–Crippen MR) is 90.6 cm³/mol. The maximum absolute atomic E-state index is 11.6. The van der Waals surface area contributed by atoms with E-state index in [4.69, 9.17) is 0 Å². The van der Waals surface area contributed by atoms with Crippen LogP contribution in [-0.4, -0.2) is 50.0 Å². The molecule has 0 saturated carbocycles. The van der Waals surface area contributed by atoms with Gasteiger partial charge in [0.1, 0.15) is 6.54 Å². The van der Waals surface area contributed by atoms with Crippen molar-refractivity contribution < 1.29 is 4.79 Å². The Bertz CT molecular complexity index is 313. The molecule has 21 heavy (non-hydrogen) atoms. The lowest BCUT2D eigenvalue weighted by Gasteiger charge is -2.19. The van der Waals surface area contributed by atoms with E-state index in [0.29, 0.717) is 6.04 Å². The van der Waals surface area contributed by atoms with E-state index in [2.05, 4.69) is 43.3 Å². The van der Waals surface area contributed by atoms with Crippen LogP contribution >= 0.6 is 0 Å². The molecule has 5 nitrogen and oxygen atoms in total. The fourth-order valence-corrected chi connectivity index (χ4v) is 1.82. The molecular formula is C16H34N4O. The van der Waals surface area contributed by atoms with Crippen molar-refractivity contribution in [3.05, 3.63) is 0 Å². The number of nitrogens with zero attached hydrogens (tertiary/aromatic N) is 2. The van der Waals surface area contributed by atoms with Crippen molar-refractivity contribution in [2.45, 2.75) is 59.4 Å². The monoisotopic (exact) mass is 298 g/mol. The molecular weight excluding hydrogens is 264 g/mol. The smallest absolute Gasteiger partial charge is 0.243 e. The molecule has 0 fully saturated rings. The van der Waals surface area contributed by atoms with Crippen LogP contribution in [0, 0.1) is 5.92 Å². The summed E-state index contributed by atoms with van der Waals surface area (Å²) in [6, 6.07) is 0.362. The minimum Gasteiger partial charge on any atom is -0.356 e. The van der Waals surface area contributed by atoms with E-state index in [9.17, 15) is 4.79 Å². The van der Waals surface area contributed by atoms with E-state index in [1.54, 1.807) is 19.0 Å². The topological polar surface area (TPSA) is 56.7 Å². The summed E-state index contributed by atoms with van der Waals surface area (Å²) < 4.78 is 0. The fourth-order valence-electron chi connectivity index (χ4n) is 1.82. The summed E-state index contributed by atoms with van der Waals surface area (Å²) in [4.78, 5) is 17.5. The number of guanidine groups is 1. The van der Waals surface area contributed by atoms with Crippen molar-refractivity contribution in [3.63, 3.8) is 0 Å². The standard InChI is InChI=1S/C16H34N4O/c1-7-11-17-16(18-12-15(21)20(5)6)19-14(4)10-8-9-13(2)3/h13-14H,7-12H2,1-6H3,(H2,17,18,19). The molecule has 0 rings (SSSR count). The van der Waals surface area contributed by atoms with Gasteiger partial charge in [-0.3, -0.25) is 4.79 Å². The lowest BCUT2D eigenvalue weighted by molar-refractivity contribution is -0.127. The van der Waals surface area contributed by atoms with Crippen LogP contribution in [0.2, 0.25) is 0 Å². The maximum atomic E-state index is 11.6. The Labute approximate surface area is 130 Å². The number of rotatable bonds is 9. The predicted octanol–water partition coefficient (Wildman–Crippen LogP) is 2.23. The molecule has 0 aliphatic carbocycles. The van der Waals surface area contributed by atoms with Crippen molar-refractivity contribution >= 4 is 11.9 Å². The highest BCUT2D eigenvalue weighted by Crippen LogP contribution is 2.08. The number of hydrogen-bond donors (Lipinski definition) is 2. The SMILES string of the molecule is CCCNC(=NCC(=O)N(C)C)NC(C)CCCC(C)C. The molecule has 0 radical (unpaired) electrons. The molecule has 0 aliphatic heterocycles. The van der Waals surface area contributed by atoms with Crippen molar-refractivity contribution in [1.29, 1.82) is 0 Å². The third-order valence-electron chi connectivity index (χ3n) is 3.22. The van der Waals surface area contributed by atoms with Gasteiger partial charge in [-0.2, -0.15) is 0 Å². The van der Waals surface area contributed by atoms with Gasteiger partial charge in [-0.1, -0.05) is 33.6 Å². The van der Waals surface area contributed by atoms with Gasteiger partial charge < -0.3 is 15.5 Å². The summed E-state index contributed by atoms with van der Waals surface area (Å²) in [6.07, 6.45) is 4.61. The van der Waals surface area contributed by atoms with E-state index < -0.39 is 0 Å². The Morgan fingerprint density at radius 2 is 1.86 bits per heavy atom. The number of amides is 1. The Morgan fingerprint density at radius 3 is 2.38 bits per heavy atom. The highest BCUT2D eigenvalue weighted by atomic mass is 16.2. The lowest BCUT2D eigenvalue weighted by Crippen LogP contribution is -2.43. The van der Waals surface area contributed by atoms with Crippen LogP contribution in [0.1, 0.15) is 53.4 Å². The van der Waals surface area contributed by atoms with Gasteiger partial charge in [-0.05, 0) is 25.7 Å². The van der Waals surface area contributed by atoms with Gasteiger partial charge in [-0.25, -0.2) is 4.99 Å². The van der Waals surface area contributed by atoms with Crippen LogP contribution in [0.4, 0.5) is 0 Å². The molecule has 0 aliphatic rings. The van der Waals surface area contributed by atoms with E-state index in [1.807, 2.05) is 0 Å². The van der Waals surface area contributed by atoms with E-state index >= 15 is 0 Å². The van der Waals surface area contributed by atoms with Crippen LogP contribution in [0.25, 0.3) is 0 Å². The first kappa shape index (κ1) is 19.7. The first-order chi connectivity index (χ1) is 9.86. The zero-order chi connectivity index (χ0) is 16.3. The van der Waals surface area contributed by atoms with Crippen LogP contribution in [0.5, 0.6) is 0 Å². The van der Waals surface area contributed by atoms with E-state index in [0.717, 1.165) is 31.3 Å². The number of carbonyl (C=O) groups is 1.